The first-order valence-corrected chi connectivity index (χ1v) is 9.50. The zero-order chi connectivity index (χ0) is 19.0. The van der Waals surface area contributed by atoms with Gasteiger partial charge in [0.25, 0.3) is 0 Å². The predicted molar refractivity (Wildman–Crippen MR) is 107 cm³/mol. The van der Waals surface area contributed by atoms with E-state index < -0.39 is 5.54 Å². The molecule has 2 rings (SSSR count). The smallest absolute Gasteiger partial charge is 0.218 e. The molecule has 0 aromatic heterocycles. The molecule has 0 saturated heterocycles. The molecule has 0 radical (unpaired) electrons. The van der Waals surface area contributed by atoms with Gasteiger partial charge in [0.1, 0.15) is 22.8 Å². The van der Waals surface area contributed by atoms with E-state index in [2.05, 4.69) is 17.2 Å². The highest BCUT2D eigenvalue weighted by atomic mass is 32.2. The van der Waals surface area contributed by atoms with Crippen molar-refractivity contribution >= 4 is 17.7 Å². The Balaban J connectivity index is 2.20. The normalized spacial score (nSPS) is 13.5. The fraction of sp³-hybridized carbons (Fsp3) is 0.286. The molecule has 1 N–H and O–H groups in total. The summed E-state index contributed by atoms with van der Waals surface area (Å²) in [5, 5.41) is 2.89. The number of hydrogen-bond donors (Lipinski definition) is 1. The van der Waals surface area contributed by atoms with Crippen LogP contribution in [0.25, 0.3) is 0 Å². The molecule has 4 nitrogen and oxygen atoms in total. The number of ether oxygens (including phenoxy) is 2. The molecule has 2 aromatic carbocycles. The van der Waals surface area contributed by atoms with Crippen LogP contribution < -0.4 is 14.8 Å². The number of benzene rings is 2. The molecule has 0 heterocycles. The second-order valence-corrected chi connectivity index (χ2v) is 6.73. The van der Waals surface area contributed by atoms with E-state index in [0.717, 1.165) is 5.75 Å². The van der Waals surface area contributed by atoms with Crippen molar-refractivity contribution in [1.82, 2.24) is 5.32 Å². The van der Waals surface area contributed by atoms with Crippen LogP contribution in [0.1, 0.15) is 20.8 Å². The fourth-order valence-electron chi connectivity index (χ4n) is 2.54. The first kappa shape index (κ1) is 19.7. The maximum absolute atomic E-state index is 11.6. The molecule has 2 unspecified atom stereocenters. The van der Waals surface area contributed by atoms with E-state index in [1.165, 1.54) is 18.7 Å². The molecular weight excluding hydrogens is 346 g/mol. The Morgan fingerprint density at radius 3 is 2.38 bits per heavy atom. The molecule has 2 aromatic rings. The third-order valence-corrected chi connectivity index (χ3v) is 4.53. The van der Waals surface area contributed by atoms with Crippen molar-refractivity contribution in [3.63, 3.8) is 0 Å². The quantitative estimate of drug-likeness (QED) is 0.578. The first-order chi connectivity index (χ1) is 12.5. The van der Waals surface area contributed by atoms with Crippen molar-refractivity contribution in [3.8, 4) is 29.1 Å². The summed E-state index contributed by atoms with van der Waals surface area (Å²) in [5.74, 6) is 7.86. The molecule has 0 bridgehead atoms. The van der Waals surface area contributed by atoms with Crippen molar-refractivity contribution < 1.29 is 14.3 Å². The average Bonchev–Trinajstić information content (AvgIpc) is 2.60. The molecule has 0 saturated carbocycles. The van der Waals surface area contributed by atoms with Gasteiger partial charge in [-0.2, -0.15) is 0 Å². The minimum Gasteiger partial charge on any atom is -0.476 e. The van der Waals surface area contributed by atoms with E-state index in [-0.39, 0.29) is 11.3 Å². The number of rotatable bonds is 7. The lowest BCUT2D eigenvalue weighted by atomic mass is 10.0. The highest BCUT2D eigenvalue weighted by Crippen LogP contribution is 2.29. The van der Waals surface area contributed by atoms with Crippen LogP contribution in [0.3, 0.4) is 0 Å². The summed E-state index contributed by atoms with van der Waals surface area (Å²) in [4.78, 5) is 11.6. The number of para-hydroxylation sites is 1. The van der Waals surface area contributed by atoms with Crippen molar-refractivity contribution in [3.05, 3.63) is 54.6 Å². The van der Waals surface area contributed by atoms with Crippen LogP contribution in [0.15, 0.2) is 54.6 Å². The maximum Gasteiger partial charge on any atom is 0.218 e. The highest BCUT2D eigenvalue weighted by Gasteiger charge is 2.35. The molecule has 136 valence electrons. The summed E-state index contributed by atoms with van der Waals surface area (Å²) >= 11 is 1.48. The number of carbonyl (C=O) groups is 1. The molecule has 0 fully saturated rings. The molecule has 0 aliphatic rings. The largest absolute Gasteiger partial charge is 0.476 e. The number of amides is 1. The number of carbonyl (C=O) groups excluding carboxylic acids is 1. The topological polar surface area (TPSA) is 47.6 Å². The Morgan fingerprint density at radius 1 is 1.12 bits per heavy atom. The SMILES string of the molecule is CC#CC(C)(NC(C)=O)C(Oc1cccc(Oc2ccccc2)c1)SC. The predicted octanol–water partition coefficient (Wildman–Crippen LogP) is 4.46. The lowest BCUT2D eigenvalue weighted by molar-refractivity contribution is -0.120. The molecule has 5 heteroatoms. The van der Waals surface area contributed by atoms with Gasteiger partial charge in [-0.25, -0.2) is 0 Å². The van der Waals surface area contributed by atoms with E-state index in [1.54, 1.807) is 6.92 Å². The van der Waals surface area contributed by atoms with Crippen LogP contribution >= 0.6 is 11.8 Å². The summed E-state index contributed by atoms with van der Waals surface area (Å²) in [5.41, 5.74) is -1.19. The third-order valence-electron chi connectivity index (χ3n) is 3.53. The van der Waals surface area contributed by atoms with E-state index in [0.29, 0.717) is 11.5 Å². The molecular formula is C21H23NO3S. The van der Waals surface area contributed by atoms with Gasteiger partial charge in [0.05, 0.1) is 0 Å². The second kappa shape index (κ2) is 9.21. The molecule has 1 amide bonds. The Kier molecular flexibility index (Phi) is 6.99. The molecule has 0 aliphatic carbocycles. The Bertz CT molecular complexity index is 798. The van der Waals surface area contributed by atoms with Crippen LogP contribution in [-0.2, 0) is 4.79 Å². The first-order valence-electron chi connectivity index (χ1n) is 8.22. The minimum atomic E-state index is -0.809. The van der Waals surface area contributed by atoms with Gasteiger partial charge in [-0.15, -0.1) is 17.7 Å². The van der Waals surface area contributed by atoms with E-state index >= 15 is 0 Å². The Hall–Kier alpha value is -2.58. The standard InChI is InChI=1S/C21H23NO3S/c1-5-14-21(3,22-16(2)23)20(26-4)25-19-13-9-12-18(15-19)24-17-10-7-6-8-11-17/h6-13,15,20H,1-4H3,(H,22,23). The Labute approximate surface area is 159 Å². The van der Waals surface area contributed by atoms with Gasteiger partial charge in [0.15, 0.2) is 5.44 Å². The van der Waals surface area contributed by atoms with Crippen molar-refractivity contribution in [1.29, 1.82) is 0 Å². The van der Waals surface area contributed by atoms with Crippen molar-refractivity contribution in [2.45, 2.75) is 31.7 Å². The molecule has 2 atom stereocenters. The van der Waals surface area contributed by atoms with E-state index in [4.69, 9.17) is 9.47 Å². The molecule has 0 aliphatic heterocycles. The summed E-state index contributed by atoms with van der Waals surface area (Å²) in [6.45, 7) is 5.07. The van der Waals surface area contributed by atoms with Crippen LogP contribution in [-0.4, -0.2) is 23.1 Å². The zero-order valence-electron chi connectivity index (χ0n) is 15.4. The van der Waals surface area contributed by atoms with Gasteiger partial charge in [-0.3, -0.25) is 4.79 Å². The summed E-state index contributed by atoms with van der Waals surface area (Å²) in [7, 11) is 0. The lowest BCUT2D eigenvalue weighted by Gasteiger charge is -2.32. The Morgan fingerprint density at radius 2 is 1.77 bits per heavy atom. The highest BCUT2D eigenvalue weighted by molar-refractivity contribution is 7.99. The summed E-state index contributed by atoms with van der Waals surface area (Å²) < 4.78 is 12.0. The van der Waals surface area contributed by atoms with Gasteiger partial charge >= 0.3 is 0 Å². The van der Waals surface area contributed by atoms with Gasteiger partial charge in [-0.05, 0) is 44.4 Å². The van der Waals surface area contributed by atoms with Gasteiger partial charge in [-0.1, -0.05) is 30.2 Å². The third kappa shape index (κ3) is 5.47. The maximum atomic E-state index is 11.6. The summed E-state index contributed by atoms with van der Waals surface area (Å²) in [6.07, 6.45) is 1.92. The van der Waals surface area contributed by atoms with Crippen LogP contribution in [0.5, 0.6) is 17.2 Å². The van der Waals surface area contributed by atoms with Gasteiger partial charge in [0.2, 0.25) is 5.91 Å². The van der Waals surface area contributed by atoms with Gasteiger partial charge < -0.3 is 14.8 Å². The monoisotopic (exact) mass is 369 g/mol. The average molecular weight is 369 g/mol. The van der Waals surface area contributed by atoms with Crippen LogP contribution in [0, 0.1) is 11.8 Å². The second-order valence-electron chi connectivity index (χ2n) is 5.83. The van der Waals surface area contributed by atoms with Crippen LogP contribution in [0.2, 0.25) is 0 Å². The molecule has 26 heavy (non-hydrogen) atoms. The van der Waals surface area contributed by atoms with Crippen LogP contribution in [0.4, 0.5) is 0 Å². The summed E-state index contributed by atoms with van der Waals surface area (Å²) in [6, 6.07) is 17.0. The fourth-order valence-corrected chi connectivity index (χ4v) is 3.33. The zero-order valence-corrected chi connectivity index (χ0v) is 16.2. The minimum absolute atomic E-state index is 0.154. The lowest BCUT2D eigenvalue weighted by Crippen LogP contribution is -2.53. The van der Waals surface area contributed by atoms with Crippen molar-refractivity contribution in [2.24, 2.45) is 0 Å². The van der Waals surface area contributed by atoms with Gasteiger partial charge in [0, 0.05) is 13.0 Å². The van der Waals surface area contributed by atoms with E-state index in [9.17, 15) is 4.79 Å². The number of thioether (sulfide) groups is 1. The number of nitrogens with one attached hydrogen (secondary N) is 1. The van der Waals surface area contributed by atoms with E-state index in [1.807, 2.05) is 67.8 Å². The number of hydrogen-bond acceptors (Lipinski definition) is 4. The molecule has 0 spiro atoms. The van der Waals surface area contributed by atoms with Crippen molar-refractivity contribution in [2.75, 3.05) is 6.26 Å².